The van der Waals surface area contributed by atoms with Crippen LogP contribution in [-0.4, -0.2) is 37.2 Å². The molecule has 0 heterocycles. The number of esters is 3. The van der Waals surface area contributed by atoms with E-state index in [1.807, 2.05) is 0 Å². The van der Waals surface area contributed by atoms with E-state index >= 15 is 0 Å². The molecule has 0 aliphatic heterocycles. The monoisotopic (exact) mass is 1120 g/mol. The van der Waals surface area contributed by atoms with Crippen LogP contribution in [0.15, 0.2) is 134 Å². The van der Waals surface area contributed by atoms with Gasteiger partial charge in [0.1, 0.15) is 13.2 Å². The molecule has 460 valence electrons. The Morgan fingerprint density at radius 3 is 0.753 bits per heavy atom. The number of hydrogen-bond donors (Lipinski definition) is 0. The van der Waals surface area contributed by atoms with Crippen molar-refractivity contribution in [1.82, 2.24) is 0 Å². The van der Waals surface area contributed by atoms with Crippen LogP contribution in [0.5, 0.6) is 0 Å². The van der Waals surface area contributed by atoms with E-state index in [-0.39, 0.29) is 31.1 Å². The molecule has 0 amide bonds. The molecule has 1 atom stereocenters. The van der Waals surface area contributed by atoms with Crippen molar-refractivity contribution < 1.29 is 28.6 Å². The maximum Gasteiger partial charge on any atom is 0.306 e. The lowest BCUT2D eigenvalue weighted by molar-refractivity contribution is -0.167. The van der Waals surface area contributed by atoms with E-state index in [2.05, 4.69) is 154 Å². The van der Waals surface area contributed by atoms with E-state index in [9.17, 15) is 14.4 Å². The quantitative estimate of drug-likeness (QED) is 0.0261. The minimum absolute atomic E-state index is 0.0901. The second-order valence-corrected chi connectivity index (χ2v) is 22.0. The maximum absolute atomic E-state index is 12.9. The van der Waals surface area contributed by atoms with Gasteiger partial charge in [0.15, 0.2) is 6.10 Å². The standard InChI is InChI=1S/C75H124O6/c1-4-7-10-13-16-19-22-25-28-30-32-34-35-36-37-38-39-41-42-44-47-50-53-56-59-62-65-68-74(77)80-71-72(70-79-73(76)67-64-61-58-55-52-49-46-27-24-21-18-15-12-9-6-3)81-75(78)69-66-63-60-57-54-51-48-45-43-40-33-31-29-26-23-20-17-14-11-8-5-2/h7-8,10-11,16-21,25-29,32-34,36-37,40,46,72H,4-6,9,12-15,22-24,30-31,35,38-39,41-45,47-71H2,1-3H3/b10-7-,11-8-,19-16-,20-17-,21-18-,28-25-,29-26-,34-32-,37-36-,40-33-,46-27-. The van der Waals surface area contributed by atoms with Crippen LogP contribution in [0.25, 0.3) is 0 Å². The zero-order valence-electron chi connectivity index (χ0n) is 52.8. The first-order valence-electron chi connectivity index (χ1n) is 33.7. The summed E-state index contributed by atoms with van der Waals surface area (Å²) in [7, 11) is 0. The van der Waals surface area contributed by atoms with Gasteiger partial charge in [-0.05, 0) is 135 Å². The summed E-state index contributed by atoms with van der Waals surface area (Å²) in [6.45, 7) is 6.39. The average Bonchev–Trinajstić information content (AvgIpc) is 3.47. The summed E-state index contributed by atoms with van der Waals surface area (Å²) in [5.41, 5.74) is 0. The minimum Gasteiger partial charge on any atom is -0.462 e. The minimum atomic E-state index is -0.796. The molecule has 0 fully saturated rings. The fourth-order valence-corrected chi connectivity index (χ4v) is 9.14. The van der Waals surface area contributed by atoms with Crippen LogP contribution in [0.3, 0.4) is 0 Å². The third kappa shape index (κ3) is 66.2. The summed E-state index contributed by atoms with van der Waals surface area (Å²) in [6, 6.07) is 0. The Morgan fingerprint density at radius 1 is 0.259 bits per heavy atom. The van der Waals surface area contributed by atoms with Gasteiger partial charge in [-0.3, -0.25) is 14.4 Å². The number of hydrogen-bond acceptors (Lipinski definition) is 6. The van der Waals surface area contributed by atoms with Crippen molar-refractivity contribution in [3.05, 3.63) is 134 Å². The van der Waals surface area contributed by atoms with Gasteiger partial charge >= 0.3 is 17.9 Å². The number of allylic oxidation sites excluding steroid dienone is 22. The van der Waals surface area contributed by atoms with Crippen molar-refractivity contribution in [2.45, 2.75) is 309 Å². The average molecular weight is 1120 g/mol. The Balaban J connectivity index is 4.37. The summed E-state index contributed by atoms with van der Waals surface area (Å²) in [4.78, 5) is 38.4. The summed E-state index contributed by atoms with van der Waals surface area (Å²) in [5, 5.41) is 0. The van der Waals surface area contributed by atoms with Gasteiger partial charge in [0, 0.05) is 19.3 Å². The zero-order valence-corrected chi connectivity index (χ0v) is 52.8. The third-order valence-electron chi connectivity index (χ3n) is 14.1. The van der Waals surface area contributed by atoms with Crippen molar-refractivity contribution in [1.29, 1.82) is 0 Å². The number of unbranched alkanes of at least 4 members (excludes halogenated alkanes) is 27. The Labute approximate surface area is 500 Å². The summed E-state index contributed by atoms with van der Waals surface area (Å²) in [6.07, 6.45) is 96.0. The first kappa shape index (κ1) is 76.5. The fourth-order valence-electron chi connectivity index (χ4n) is 9.14. The predicted octanol–water partition coefficient (Wildman–Crippen LogP) is 23.3. The highest BCUT2D eigenvalue weighted by Gasteiger charge is 2.19. The van der Waals surface area contributed by atoms with E-state index in [4.69, 9.17) is 14.2 Å². The Morgan fingerprint density at radius 2 is 0.481 bits per heavy atom. The van der Waals surface area contributed by atoms with Crippen LogP contribution in [0.2, 0.25) is 0 Å². The van der Waals surface area contributed by atoms with Gasteiger partial charge in [-0.15, -0.1) is 0 Å². The van der Waals surface area contributed by atoms with E-state index < -0.39 is 6.10 Å². The van der Waals surface area contributed by atoms with Crippen LogP contribution >= 0.6 is 0 Å². The van der Waals surface area contributed by atoms with Crippen molar-refractivity contribution in [3.63, 3.8) is 0 Å². The van der Waals surface area contributed by atoms with Crippen molar-refractivity contribution in [2.24, 2.45) is 0 Å². The van der Waals surface area contributed by atoms with Crippen LogP contribution in [0, 0.1) is 0 Å². The molecule has 0 N–H and O–H groups in total. The number of carbonyl (C=O) groups is 3. The summed E-state index contributed by atoms with van der Waals surface area (Å²) >= 11 is 0. The lowest BCUT2D eigenvalue weighted by Gasteiger charge is -2.18. The first-order valence-corrected chi connectivity index (χ1v) is 33.7. The Bertz CT molecular complexity index is 1720. The van der Waals surface area contributed by atoms with Crippen molar-refractivity contribution in [2.75, 3.05) is 13.2 Å². The highest BCUT2D eigenvalue weighted by molar-refractivity contribution is 5.71. The molecule has 0 rings (SSSR count). The molecule has 0 saturated heterocycles. The number of ether oxygens (including phenoxy) is 3. The lowest BCUT2D eigenvalue weighted by Crippen LogP contribution is -2.30. The second kappa shape index (κ2) is 68.1. The highest BCUT2D eigenvalue weighted by Crippen LogP contribution is 2.16. The van der Waals surface area contributed by atoms with E-state index in [0.717, 1.165) is 148 Å². The van der Waals surface area contributed by atoms with Gasteiger partial charge in [-0.1, -0.05) is 283 Å². The molecule has 6 heteroatoms. The van der Waals surface area contributed by atoms with Gasteiger partial charge in [0.05, 0.1) is 0 Å². The molecule has 0 spiro atoms. The smallest absolute Gasteiger partial charge is 0.306 e. The van der Waals surface area contributed by atoms with Gasteiger partial charge in [-0.25, -0.2) is 0 Å². The van der Waals surface area contributed by atoms with Crippen LogP contribution in [0.1, 0.15) is 303 Å². The van der Waals surface area contributed by atoms with E-state index in [1.54, 1.807) is 0 Å². The summed E-state index contributed by atoms with van der Waals surface area (Å²) in [5.74, 6) is -0.909. The van der Waals surface area contributed by atoms with Crippen molar-refractivity contribution in [3.8, 4) is 0 Å². The first-order chi connectivity index (χ1) is 40.0. The summed E-state index contributed by atoms with van der Waals surface area (Å²) < 4.78 is 17.0. The molecule has 0 aliphatic carbocycles. The van der Waals surface area contributed by atoms with Gasteiger partial charge in [-0.2, -0.15) is 0 Å². The molecule has 81 heavy (non-hydrogen) atoms. The molecular formula is C75H124O6. The fraction of sp³-hybridized carbons (Fsp3) is 0.667. The molecule has 0 aromatic carbocycles. The Hall–Kier alpha value is -4.45. The Kier molecular flexibility index (Phi) is 64.3. The molecule has 0 bridgehead atoms. The normalized spacial score (nSPS) is 13.0. The van der Waals surface area contributed by atoms with Crippen LogP contribution in [0.4, 0.5) is 0 Å². The molecule has 0 saturated carbocycles. The zero-order chi connectivity index (χ0) is 58.5. The second-order valence-electron chi connectivity index (χ2n) is 22.0. The molecule has 0 aromatic rings. The molecule has 0 radical (unpaired) electrons. The predicted molar refractivity (Wildman–Crippen MR) is 353 cm³/mol. The van der Waals surface area contributed by atoms with E-state index in [0.29, 0.717) is 19.3 Å². The molecule has 0 aliphatic rings. The van der Waals surface area contributed by atoms with Crippen LogP contribution in [-0.2, 0) is 28.6 Å². The maximum atomic E-state index is 12.9. The topological polar surface area (TPSA) is 78.9 Å². The van der Waals surface area contributed by atoms with Gasteiger partial charge < -0.3 is 14.2 Å². The molecular weight excluding hydrogens is 997 g/mol. The van der Waals surface area contributed by atoms with E-state index in [1.165, 1.54) is 116 Å². The number of carbonyl (C=O) groups excluding carboxylic acids is 3. The number of rotatable bonds is 60. The highest BCUT2D eigenvalue weighted by atomic mass is 16.6. The molecule has 0 aromatic heterocycles. The van der Waals surface area contributed by atoms with Gasteiger partial charge in [0.25, 0.3) is 0 Å². The largest absolute Gasteiger partial charge is 0.462 e. The SMILES string of the molecule is CC/C=C\C/C=C\C/C=C\C/C=C\C/C=C\CCCCCCCCCCCCCC(=O)OCC(COC(=O)CCCCCCC/C=C\C/C=C\CCCCC)OC(=O)CCCCCCCCCC/C=C\C/C=C\C/C=C\C/C=C\CC. The third-order valence-corrected chi connectivity index (χ3v) is 14.1. The molecule has 1 unspecified atom stereocenters. The van der Waals surface area contributed by atoms with Gasteiger partial charge in [0.2, 0.25) is 0 Å². The molecule has 6 nitrogen and oxygen atoms in total. The van der Waals surface area contributed by atoms with Crippen LogP contribution < -0.4 is 0 Å². The lowest BCUT2D eigenvalue weighted by atomic mass is 10.0. The van der Waals surface area contributed by atoms with Crippen molar-refractivity contribution >= 4 is 17.9 Å².